The van der Waals surface area contributed by atoms with E-state index >= 15 is 0 Å². The Morgan fingerprint density at radius 2 is 1.92 bits per heavy atom. The van der Waals surface area contributed by atoms with Gasteiger partial charge in [-0.2, -0.15) is 0 Å². The van der Waals surface area contributed by atoms with Crippen LogP contribution in [-0.4, -0.2) is 42.2 Å². The SMILES string of the molecule is COc1ccc(O)c(C(=O)NC2CCN(Cc3ccc(Cl)cc3)CC2)c1. The van der Waals surface area contributed by atoms with E-state index < -0.39 is 0 Å². The summed E-state index contributed by atoms with van der Waals surface area (Å²) in [6, 6.07) is 12.7. The van der Waals surface area contributed by atoms with Gasteiger partial charge in [0, 0.05) is 30.7 Å². The van der Waals surface area contributed by atoms with Crippen LogP contribution in [0.15, 0.2) is 42.5 Å². The van der Waals surface area contributed by atoms with Gasteiger partial charge < -0.3 is 15.2 Å². The Hall–Kier alpha value is -2.24. The Bertz CT molecular complexity index is 756. The van der Waals surface area contributed by atoms with Gasteiger partial charge in [0.25, 0.3) is 5.91 Å². The number of nitrogens with one attached hydrogen (secondary N) is 1. The number of rotatable bonds is 5. The molecule has 1 fully saturated rings. The zero-order chi connectivity index (χ0) is 18.5. The Labute approximate surface area is 158 Å². The summed E-state index contributed by atoms with van der Waals surface area (Å²) in [6.45, 7) is 2.71. The molecule has 0 unspecified atom stereocenters. The summed E-state index contributed by atoms with van der Waals surface area (Å²) in [7, 11) is 1.53. The molecule has 0 radical (unpaired) electrons. The minimum absolute atomic E-state index is 0.0384. The highest BCUT2D eigenvalue weighted by Gasteiger charge is 2.22. The minimum atomic E-state index is -0.266. The maximum atomic E-state index is 12.5. The number of likely N-dealkylation sites (tertiary alicyclic amines) is 1. The van der Waals surface area contributed by atoms with Crippen molar-refractivity contribution in [1.82, 2.24) is 10.2 Å². The van der Waals surface area contributed by atoms with Crippen LogP contribution in [-0.2, 0) is 6.54 Å². The van der Waals surface area contributed by atoms with Gasteiger partial charge in [-0.05, 0) is 48.7 Å². The third-order valence-corrected chi connectivity index (χ3v) is 4.94. The van der Waals surface area contributed by atoms with Crippen molar-refractivity contribution >= 4 is 17.5 Å². The zero-order valence-corrected chi connectivity index (χ0v) is 15.5. The van der Waals surface area contributed by atoms with Crippen molar-refractivity contribution in [3.8, 4) is 11.5 Å². The molecule has 1 amide bonds. The molecular formula is C20H23ClN2O3. The first kappa shape index (κ1) is 18.5. The van der Waals surface area contributed by atoms with E-state index in [1.54, 1.807) is 12.1 Å². The van der Waals surface area contributed by atoms with Gasteiger partial charge in [0.15, 0.2) is 0 Å². The Morgan fingerprint density at radius 3 is 2.58 bits per heavy atom. The number of carbonyl (C=O) groups is 1. The largest absolute Gasteiger partial charge is 0.507 e. The lowest BCUT2D eigenvalue weighted by molar-refractivity contribution is 0.0906. The van der Waals surface area contributed by atoms with Crippen molar-refractivity contribution < 1.29 is 14.6 Å². The van der Waals surface area contributed by atoms with Gasteiger partial charge in [0.1, 0.15) is 11.5 Å². The van der Waals surface area contributed by atoms with Crippen LogP contribution >= 0.6 is 11.6 Å². The number of hydrogen-bond donors (Lipinski definition) is 2. The molecule has 2 aromatic carbocycles. The molecule has 3 rings (SSSR count). The van der Waals surface area contributed by atoms with E-state index in [-0.39, 0.29) is 23.3 Å². The molecule has 138 valence electrons. The standard InChI is InChI=1S/C20H23ClN2O3/c1-26-17-6-7-19(24)18(12-17)20(25)22-16-8-10-23(11-9-16)13-14-2-4-15(21)5-3-14/h2-7,12,16,24H,8-11,13H2,1H3,(H,22,25). The quantitative estimate of drug-likeness (QED) is 0.841. The summed E-state index contributed by atoms with van der Waals surface area (Å²) in [5.41, 5.74) is 1.48. The number of aromatic hydroxyl groups is 1. The van der Waals surface area contributed by atoms with E-state index in [1.165, 1.54) is 18.7 Å². The van der Waals surface area contributed by atoms with Crippen molar-refractivity contribution in [3.63, 3.8) is 0 Å². The van der Waals surface area contributed by atoms with Crippen molar-refractivity contribution in [2.45, 2.75) is 25.4 Å². The summed E-state index contributed by atoms with van der Waals surface area (Å²) in [4.78, 5) is 14.8. The predicted octanol–water partition coefficient (Wildman–Crippen LogP) is 3.45. The Balaban J connectivity index is 1.52. The lowest BCUT2D eigenvalue weighted by Crippen LogP contribution is -2.44. The number of ether oxygens (including phenoxy) is 1. The molecular weight excluding hydrogens is 352 g/mol. The summed E-state index contributed by atoms with van der Waals surface area (Å²) in [5.74, 6) is 0.242. The monoisotopic (exact) mass is 374 g/mol. The number of carbonyl (C=O) groups excluding carboxylic acids is 1. The van der Waals surface area contributed by atoms with Crippen LogP contribution in [0.5, 0.6) is 11.5 Å². The third kappa shape index (κ3) is 4.68. The van der Waals surface area contributed by atoms with Crippen molar-refractivity contribution in [3.05, 3.63) is 58.6 Å². The average Bonchev–Trinajstić information content (AvgIpc) is 2.65. The van der Waals surface area contributed by atoms with Gasteiger partial charge in [-0.1, -0.05) is 23.7 Å². The van der Waals surface area contributed by atoms with Gasteiger partial charge in [0.05, 0.1) is 12.7 Å². The second-order valence-corrected chi connectivity index (χ2v) is 6.97. The highest BCUT2D eigenvalue weighted by atomic mass is 35.5. The first-order valence-electron chi connectivity index (χ1n) is 8.70. The maximum absolute atomic E-state index is 12.5. The highest BCUT2D eigenvalue weighted by molar-refractivity contribution is 6.30. The van der Waals surface area contributed by atoms with Crippen molar-refractivity contribution in [1.29, 1.82) is 0 Å². The van der Waals surface area contributed by atoms with Crippen molar-refractivity contribution in [2.24, 2.45) is 0 Å². The molecule has 1 heterocycles. The minimum Gasteiger partial charge on any atom is -0.507 e. The molecule has 0 aromatic heterocycles. The number of benzene rings is 2. The lowest BCUT2D eigenvalue weighted by atomic mass is 10.0. The molecule has 5 nitrogen and oxygen atoms in total. The fourth-order valence-corrected chi connectivity index (χ4v) is 3.30. The molecule has 2 N–H and O–H groups in total. The number of halogens is 1. The normalized spacial score (nSPS) is 15.6. The number of nitrogens with zero attached hydrogens (tertiary/aromatic N) is 1. The molecule has 2 aromatic rings. The molecule has 0 spiro atoms. The summed E-state index contributed by atoms with van der Waals surface area (Å²) in [6.07, 6.45) is 1.76. The molecule has 26 heavy (non-hydrogen) atoms. The van der Waals surface area contributed by atoms with Crippen LogP contribution < -0.4 is 10.1 Å². The van der Waals surface area contributed by atoms with E-state index in [1.807, 2.05) is 24.3 Å². The third-order valence-electron chi connectivity index (χ3n) is 4.69. The number of amides is 1. The second kappa shape index (κ2) is 8.43. The topological polar surface area (TPSA) is 61.8 Å². The number of methoxy groups -OCH3 is 1. The summed E-state index contributed by atoms with van der Waals surface area (Å²) < 4.78 is 5.12. The summed E-state index contributed by atoms with van der Waals surface area (Å²) in [5, 5.41) is 13.7. The molecule has 0 aliphatic carbocycles. The van der Waals surface area contributed by atoms with Crippen LogP contribution in [0.25, 0.3) is 0 Å². The fourth-order valence-electron chi connectivity index (χ4n) is 3.17. The maximum Gasteiger partial charge on any atom is 0.255 e. The highest BCUT2D eigenvalue weighted by Crippen LogP contribution is 2.23. The number of phenols is 1. The first-order chi connectivity index (χ1) is 12.5. The number of phenolic OH excluding ortho intramolecular Hbond substituents is 1. The molecule has 1 aliphatic rings. The van der Waals surface area contributed by atoms with Gasteiger partial charge in [0.2, 0.25) is 0 Å². The van der Waals surface area contributed by atoms with Crippen LogP contribution in [0.1, 0.15) is 28.8 Å². The first-order valence-corrected chi connectivity index (χ1v) is 9.07. The molecule has 1 saturated heterocycles. The Kier molecular flexibility index (Phi) is 6.01. The van der Waals surface area contributed by atoms with E-state index in [2.05, 4.69) is 10.2 Å². The lowest BCUT2D eigenvalue weighted by Gasteiger charge is -2.32. The van der Waals surface area contributed by atoms with E-state index in [9.17, 15) is 9.90 Å². The van der Waals surface area contributed by atoms with E-state index in [4.69, 9.17) is 16.3 Å². The average molecular weight is 375 g/mol. The summed E-state index contributed by atoms with van der Waals surface area (Å²) >= 11 is 5.92. The second-order valence-electron chi connectivity index (χ2n) is 6.53. The van der Waals surface area contributed by atoms with Gasteiger partial charge >= 0.3 is 0 Å². The molecule has 0 saturated carbocycles. The van der Waals surface area contributed by atoms with Crippen molar-refractivity contribution in [2.75, 3.05) is 20.2 Å². The van der Waals surface area contributed by atoms with Gasteiger partial charge in [-0.25, -0.2) is 0 Å². The number of hydrogen-bond acceptors (Lipinski definition) is 4. The van der Waals surface area contributed by atoms with Crippen LogP contribution in [0.2, 0.25) is 5.02 Å². The van der Waals surface area contributed by atoms with Crippen LogP contribution in [0.3, 0.4) is 0 Å². The van der Waals surface area contributed by atoms with E-state index in [0.717, 1.165) is 37.5 Å². The Morgan fingerprint density at radius 1 is 1.23 bits per heavy atom. The molecule has 1 aliphatic heterocycles. The predicted molar refractivity (Wildman–Crippen MR) is 102 cm³/mol. The smallest absolute Gasteiger partial charge is 0.255 e. The molecule has 6 heteroatoms. The molecule has 0 bridgehead atoms. The number of piperidine rings is 1. The van der Waals surface area contributed by atoms with Gasteiger partial charge in [-0.3, -0.25) is 9.69 Å². The van der Waals surface area contributed by atoms with Crippen LogP contribution in [0, 0.1) is 0 Å². The fraction of sp³-hybridized carbons (Fsp3) is 0.350. The molecule has 0 atom stereocenters. The van der Waals surface area contributed by atoms with Crippen LogP contribution in [0.4, 0.5) is 0 Å². The zero-order valence-electron chi connectivity index (χ0n) is 14.7. The van der Waals surface area contributed by atoms with E-state index in [0.29, 0.717) is 5.75 Å². The van der Waals surface area contributed by atoms with Gasteiger partial charge in [-0.15, -0.1) is 0 Å².